The molecule has 1 amide bonds. The highest BCUT2D eigenvalue weighted by Gasteiger charge is 2.26. The van der Waals surface area contributed by atoms with Crippen molar-refractivity contribution in [2.24, 2.45) is 0 Å². The van der Waals surface area contributed by atoms with Gasteiger partial charge in [0.1, 0.15) is 5.60 Å². The van der Waals surface area contributed by atoms with Crippen molar-refractivity contribution in [3.8, 4) is 0 Å². The van der Waals surface area contributed by atoms with E-state index in [4.69, 9.17) is 9.57 Å². The molecule has 1 N–H and O–H groups in total. The van der Waals surface area contributed by atoms with E-state index in [-0.39, 0.29) is 6.09 Å². The van der Waals surface area contributed by atoms with Gasteiger partial charge in [0.05, 0.1) is 0 Å². The van der Waals surface area contributed by atoms with Gasteiger partial charge in [0.2, 0.25) is 5.14 Å². The van der Waals surface area contributed by atoms with Crippen LogP contribution in [0.5, 0.6) is 0 Å². The Morgan fingerprint density at radius 3 is 2.47 bits per heavy atom. The first-order valence-corrected chi connectivity index (χ1v) is 6.69. The number of nitrogens with one attached hydrogen (secondary N) is 1. The molecule has 1 unspecified atom stereocenters. The molecule has 102 valence electrons. The first-order valence-electron chi connectivity index (χ1n) is 5.78. The molecule has 0 aromatic heterocycles. The standard InChI is InChI=1S/C11H23BrN2O3/c1-6-7-8-14(9(12)17-13-5)10(15)16-11(2,3)4/h9,13H,6-8H2,1-5H3. The fourth-order valence-electron chi connectivity index (χ4n) is 1.09. The fraction of sp³-hybridized carbons (Fsp3) is 0.909. The van der Waals surface area contributed by atoms with Gasteiger partial charge in [-0.25, -0.2) is 10.3 Å². The first kappa shape index (κ1) is 16.7. The number of rotatable bonds is 6. The van der Waals surface area contributed by atoms with Crippen molar-refractivity contribution in [2.75, 3.05) is 13.6 Å². The molecule has 0 saturated heterocycles. The highest BCUT2D eigenvalue weighted by molar-refractivity contribution is 9.09. The topological polar surface area (TPSA) is 50.8 Å². The molecule has 0 aromatic rings. The number of carbonyl (C=O) groups is 1. The van der Waals surface area contributed by atoms with Gasteiger partial charge >= 0.3 is 6.09 Å². The summed E-state index contributed by atoms with van der Waals surface area (Å²) in [6.45, 7) is 8.17. The van der Waals surface area contributed by atoms with E-state index in [1.807, 2.05) is 20.8 Å². The highest BCUT2D eigenvalue weighted by atomic mass is 79.9. The van der Waals surface area contributed by atoms with Gasteiger partial charge < -0.3 is 4.74 Å². The van der Waals surface area contributed by atoms with Gasteiger partial charge in [0.25, 0.3) is 0 Å². The SMILES string of the molecule is CCCCN(C(=O)OC(C)(C)C)C(Br)ONC. The summed E-state index contributed by atoms with van der Waals surface area (Å²) < 4.78 is 5.31. The van der Waals surface area contributed by atoms with Crippen molar-refractivity contribution in [3.63, 3.8) is 0 Å². The normalized spacial score (nSPS) is 13.3. The molecule has 0 aliphatic carbocycles. The number of nitrogens with zero attached hydrogens (tertiary/aromatic N) is 1. The van der Waals surface area contributed by atoms with Crippen LogP contribution < -0.4 is 5.48 Å². The number of amides is 1. The van der Waals surface area contributed by atoms with E-state index < -0.39 is 10.7 Å². The average molecular weight is 311 g/mol. The van der Waals surface area contributed by atoms with Gasteiger partial charge in [-0.15, -0.1) is 0 Å². The molecule has 0 heterocycles. The number of halogens is 1. The Hall–Kier alpha value is -0.330. The van der Waals surface area contributed by atoms with E-state index >= 15 is 0 Å². The largest absolute Gasteiger partial charge is 0.444 e. The summed E-state index contributed by atoms with van der Waals surface area (Å²) in [6.07, 6.45) is 1.51. The molecule has 0 radical (unpaired) electrons. The third-order valence-corrected chi connectivity index (χ3v) is 2.52. The van der Waals surface area contributed by atoms with Crippen LogP contribution in [0.15, 0.2) is 0 Å². The number of unbranched alkanes of at least 4 members (excludes halogenated alkanes) is 1. The lowest BCUT2D eigenvalue weighted by Crippen LogP contribution is -2.43. The van der Waals surface area contributed by atoms with Crippen LogP contribution in [-0.4, -0.2) is 35.3 Å². The van der Waals surface area contributed by atoms with E-state index in [0.717, 1.165) is 12.8 Å². The van der Waals surface area contributed by atoms with Gasteiger partial charge in [-0.05, 0) is 43.1 Å². The number of carbonyl (C=O) groups excluding carboxylic acids is 1. The number of hydrogen-bond donors (Lipinski definition) is 1. The zero-order chi connectivity index (χ0) is 13.5. The number of alkyl halides is 1. The molecule has 6 heteroatoms. The Morgan fingerprint density at radius 1 is 1.47 bits per heavy atom. The van der Waals surface area contributed by atoms with Crippen LogP contribution in [0.2, 0.25) is 0 Å². The van der Waals surface area contributed by atoms with Crippen molar-refractivity contribution >= 4 is 22.0 Å². The molecular formula is C11H23BrN2O3. The third-order valence-electron chi connectivity index (χ3n) is 1.84. The maximum Gasteiger partial charge on any atom is 0.413 e. The third kappa shape index (κ3) is 7.57. The molecule has 5 nitrogen and oxygen atoms in total. The maximum absolute atomic E-state index is 11.9. The molecular weight excluding hydrogens is 288 g/mol. The Kier molecular flexibility index (Phi) is 7.74. The molecule has 0 aliphatic heterocycles. The second-order valence-corrected chi connectivity index (χ2v) is 5.42. The molecule has 0 bridgehead atoms. The van der Waals surface area contributed by atoms with Crippen molar-refractivity contribution in [1.82, 2.24) is 10.4 Å². The van der Waals surface area contributed by atoms with Crippen LogP contribution >= 0.6 is 15.9 Å². The van der Waals surface area contributed by atoms with Gasteiger partial charge in [0.15, 0.2) is 0 Å². The summed E-state index contributed by atoms with van der Waals surface area (Å²) >= 11 is 3.28. The monoisotopic (exact) mass is 310 g/mol. The predicted molar refractivity (Wildman–Crippen MR) is 70.7 cm³/mol. The van der Waals surface area contributed by atoms with Crippen molar-refractivity contribution in [3.05, 3.63) is 0 Å². The van der Waals surface area contributed by atoms with E-state index in [1.165, 1.54) is 4.90 Å². The van der Waals surface area contributed by atoms with Crippen molar-refractivity contribution < 1.29 is 14.4 Å². The molecule has 0 spiro atoms. The van der Waals surface area contributed by atoms with E-state index in [1.54, 1.807) is 7.05 Å². The van der Waals surface area contributed by atoms with Gasteiger partial charge in [0, 0.05) is 13.6 Å². The smallest absolute Gasteiger partial charge is 0.413 e. The van der Waals surface area contributed by atoms with Gasteiger partial charge in [-0.1, -0.05) is 13.3 Å². The molecule has 0 fully saturated rings. The number of ether oxygens (including phenoxy) is 1. The van der Waals surface area contributed by atoms with Crippen LogP contribution in [0.1, 0.15) is 40.5 Å². The zero-order valence-corrected chi connectivity index (χ0v) is 12.8. The predicted octanol–water partition coefficient (Wildman–Crippen LogP) is 2.85. The Morgan fingerprint density at radius 2 is 2.06 bits per heavy atom. The average Bonchev–Trinajstić information content (AvgIpc) is 2.15. The minimum atomic E-state index is -0.533. The van der Waals surface area contributed by atoms with Crippen LogP contribution in [0.3, 0.4) is 0 Å². The Balaban J connectivity index is 4.49. The van der Waals surface area contributed by atoms with Crippen LogP contribution in [0, 0.1) is 0 Å². The minimum Gasteiger partial charge on any atom is -0.444 e. The molecule has 0 aliphatic rings. The van der Waals surface area contributed by atoms with Gasteiger partial charge in [-0.3, -0.25) is 9.74 Å². The summed E-state index contributed by atoms with van der Waals surface area (Å²) in [7, 11) is 1.64. The van der Waals surface area contributed by atoms with E-state index in [0.29, 0.717) is 6.54 Å². The first-order chi connectivity index (χ1) is 7.81. The van der Waals surface area contributed by atoms with Crippen LogP contribution in [0.25, 0.3) is 0 Å². The second-order valence-electron chi connectivity index (χ2n) is 4.64. The molecule has 0 aromatic carbocycles. The lowest BCUT2D eigenvalue weighted by Gasteiger charge is -2.30. The quantitative estimate of drug-likeness (QED) is 0.355. The summed E-state index contributed by atoms with van der Waals surface area (Å²) in [5.41, 5.74) is 2.04. The van der Waals surface area contributed by atoms with Crippen LogP contribution in [0.4, 0.5) is 4.79 Å². The molecule has 1 atom stereocenters. The lowest BCUT2D eigenvalue weighted by molar-refractivity contribution is -0.0546. The summed E-state index contributed by atoms with van der Waals surface area (Å²) in [5.74, 6) is 0. The molecule has 0 saturated carbocycles. The number of hydrogen-bond acceptors (Lipinski definition) is 4. The van der Waals surface area contributed by atoms with Crippen molar-refractivity contribution in [1.29, 1.82) is 0 Å². The molecule has 17 heavy (non-hydrogen) atoms. The second kappa shape index (κ2) is 7.89. The van der Waals surface area contributed by atoms with E-state index in [2.05, 4.69) is 28.3 Å². The Bertz CT molecular complexity index is 231. The van der Waals surface area contributed by atoms with Crippen molar-refractivity contribution in [2.45, 2.75) is 51.3 Å². The van der Waals surface area contributed by atoms with Gasteiger partial charge in [-0.2, -0.15) is 0 Å². The minimum absolute atomic E-state index is 0.386. The Labute approximate surface area is 112 Å². The van der Waals surface area contributed by atoms with Crippen LogP contribution in [-0.2, 0) is 9.57 Å². The maximum atomic E-state index is 11.9. The summed E-state index contributed by atoms with van der Waals surface area (Å²) in [5, 5.41) is -0.533. The lowest BCUT2D eigenvalue weighted by atomic mass is 10.2. The summed E-state index contributed by atoms with van der Waals surface area (Å²) in [6, 6.07) is 0. The van der Waals surface area contributed by atoms with E-state index in [9.17, 15) is 4.79 Å². The molecule has 0 rings (SSSR count). The highest BCUT2D eigenvalue weighted by Crippen LogP contribution is 2.16. The number of hydroxylamine groups is 1. The summed E-state index contributed by atoms with van der Waals surface area (Å²) in [4.78, 5) is 18.6. The zero-order valence-electron chi connectivity index (χ0n) is 11.2. The fourth-order valence-corrected chi connectivity index (χ4v) is 1.64.